The second kappa shape index (κ2) is 5.16. The minimum absolute atomic E-state index is 0.167. The molecule has 0 spiro atoms. The number of carbonyl (C=O) groups is 1. The summed E-state index contributed by atoms with van der Waals surface area (Å²) in [4.78, 5) is 13.8. The van der Waals surface area contributed by atoms with Gasteiger partial charge in [-0.1, -0.05) is 0 Å². The molecule has 0 aliphatic rings. The van der Waals surface area contributed by atoms with Crippen molar-refractivity contribution in [3.05, 3.63) is 28.8 Å². The molecule has 1 N–H and O–H groups in total. The number of nitrogens with zero attached hydrogens (tertiary/aromatic N) is 1. The summed E-state index contributed by atoms with van der Waals surface area (Å²) in [6.07, 6.45) is -3.56. The van der Waals surface area contributed by atoms with Crippen LogP contribution in [0, 0.1) is 5.82 Å². The van der Waals surface area contributed by atoms with Crippen LogP contribution in [0.1, 0.15) is 23.4 Å². The Balaban J connectivity index is 3.22. The highest BCUT2D eigenvalue weighted by molar-refractivity contribution is 6.17. The molecule has 16 heavy (non-hydrogen) atoms. The Bertz CT molecular complexity index is 412. The van der Waals surface area contributed by atoms with Gasteiger partial charge in [0.05, 0.1) is 18.0 Å². The molecule has 0 saturated carbocycles. The summed E-state index contributed by atoms with van der Waals surface area (Å²) in [6, 6.07) is 0.527. The molecule has 88 valence electrons. The van der Waals surface area contributed by atoms with Gasteiger partial charge in [-0.3, -0.25) is 9.78 Å². The molecule has 0 unspecified atom stereocenters. The van der Waals surface area contributed by atoms with E-state index < -0.39 is 30.3 Å². The molecule has 0 bridgehead atoms. The zero-order valence-electron chi connectivity index (χ0n) is 7.88. The summed E-state index contributed by atoms with van der Waals surface area (Å²) < 4.78 is 37.9. The first kappa shape index (κ1) is 12.8. The number of hydrogen-bond acceptors (Lipinski definition) is 2. The maximum Gasteiger partial charge on any atom is 0.307 e. The minimum Gasteiger partial charge on any atom is -0.481 e. The molecule has 0 aliphatic carbocycles. The van der Waals surface area contributed by atoms with Crippen LogP contribution >= 0.6 is 11.6 Å². The molecule has 0 saturated heterocycles. The third-order valence-electron chi connectivity index (χ3n) is 1.85. The van der Waals surface area contributed by atoms with Crippen molar-refractivity contribution in [3.63, 3.8) is 0 Å². The van der Waals surface area contributed by atoms with Crippen molar-refractivity contribution in [2.75, 3.05) is 0 Å². The standard InChI is InChI=1S/C9H7ClF3NO2/c10-3-7-4(1-8(15)16)5(11)2-6(14-7)9(12)13/h2,9H,1,3H2,(H,15,16). The maximum absolute atomic E-state index is 13.3. The summed E-state index contributed by atoms with van der Waals surface area (Å²) in [6.45, 7) is 0. The summed E-state index contributed by atoms with van der Waals surface area (Å²) >= 11 is 5.40. The lowest BCUT2D eigenvalue weighted by Gasteiger charge is -2.08. The van der Waals surface area contributed by atoms with Gasteiger partial charge >= 0.3 is 5.97 Å². The van der Waals surface area contributed by atoms with E-state index in [9.17, 15) is 18.0 Å². The van der Waals surface area contributed by atoms with E-state index in [2.05, 4.69) is 4.98 Å². The van der Waals surface area contributed by atoms with Crippen molar-refractivity contribution in [1.82, 2.24) is 4.98 Å². The van der Waals surface area contributed by atoms with E-state index in [1.165, 1.54) is 0 Å². The number of aliphatic carboxylic acids is 1. The molecule has 3 nitrogen and oxygen atoms in total. The SMILES string of the molecule is O=C(O)Cc1c(F)cc(C(F)F)nc1CCl. The van der Waals surface area contributed by atoms with Crippen LogP contribution < -0.4 is 0 Å². The highest BCUT2D eigenvalue weighted by atomic mass is 35.5. The molecule has 0 radical (unpaired) electrons. The van der Waals surface area contributed by atoms with E-state index in [-0.39, 0.29) is 17.1 Å². The van der Waals surface area contributed by atoms with Gasteiger partial charge in [-0.2, -0.15) is 0 Å². The number of rotatable bonds is 4. The molecule has 1 aromatic heterocycles. The quantitative estimate of drug-likeness (QED) is 0.839. The molecule has 7 heteroatoms. The number of carboxylic acid groups (broad SMARTS) is 1. The van der Waals surface area contributed by atoms with Gasteiger partial charge in [-0.25, -0.2) is 13.2 Å². The highest BCUT2D eigenvalue weighted by Crippen LogP contribution is 2.22. The Kier molecular flexibility index (Phi) is 4.12. The monoisotopic (exact) mass is 253 g/mol. The number of alkyl halides is 3. The normalized spacial score (nSPS) is 10.8. The van der Waals surface area contributed by atoms with Crippen LogP contribution in [0.5, 0.6) is 0 Å². The van der Waals surface area contributed by atoms with E-state index in [0.29, 0.717) is 6.07 Å². The summed E-state index contributed by atoms with van der Waals surface area (Å²) in [5.74, 6) is -2.62. The van der Waals surface area contributed by atoms with Gasteiger partial charge < -0.3 is 5.11 Å². The Morgan fingerprint density at radius 2 is 2.19 bits per heavy atom. The number of hydrogen-bond donors (Lipinski definition) is 1. The lowest BCUT2D eigenvalue weighted by Crippen LogP contribution is -2.09. The predicted octanol–water partition coefficient (Wildman–Crippen LogP) is 2.52. The highest BCUT2D eigenvalue weighted by Gasteiger charge is 2.18. The average Bonchev–Trinajstić information content (AvgIpc) is 2.19. The van der Waals surface area contributed by atoms with Crippen LogP contribution in [0.2, 0.25) is 0 Å². The van der Waals surface area contributed by atoms with Crippen molar-refractivity contribution in [2.45, 2.75) is 18.7 Å². The number of halogens is 4. The van der Waals surface area contributed by atoms with Gasteiger partial charge in [-0.05, 0) is 0 Å². The Labute approximate surface area is 93.9 Å². The molecule has 1 aromatic rings. The number of carboxylic acids is 1. The molecule has 0 aliphatic heterocycles. The Morgan fingerprint density at radius 1 is 1.56 bits per heavy atom. The Morgan fingerprint density at radius 3 is 2.62 bits per heavy atom. The van der Waals surface area contributed by atoms with E-state index in [1.807, 2.05) is 0 Å². The van der Waals surface area contributed by atoms with Gasteiger partial charge in [0.25, 0.3) is 6.43 Å². The van der Waals surface area contributed by atoms with E-state index in [0.717, 1.165) is 0 Å². The first-order valence-corrected chi connectivity index (χ1v) is 4.73. The van der Waals surface area contributed by atoms with Crippen LogP contribution in [0.25, 0.3) is 0 Å². The third kappa shape index (κ3) is 2.85. The zero-order chi connectivity index (χ0) is 12.3. The fraction of sp³-hybridized carbons (Fsp3) is 0.333. The maximum atomic E-state index is 13.3. The molecule has 0 fully saturated rings. The molecular formula is C9H7ClF3NO2. The fourth-order valence-electron chi connectivity index (χ4n) is 1.17. The van der Waals surface area contributed by atoms with Gasteiger partial charge in [0.1, 0.15) is 11.5 Å². The third-order valence-corrected chi connectivity index (χ3v) is 2.11. The van der Waals surface area contributed by atoms with Crippen molar-refractivity contribution < 1.29 is 23.1 Å². The predicted molar refractivity (Wildman–Crippen MR) is 50.0 cm³/mol. The van der Waals surface area contributed by atoms with Crippen LogP contribution in [0.15, 0.2) is 6.07 Å². The largest absolute Gasteiger partial charge is 0.481 e. The lowest BCUT2D eigenvalue weighted by molar-refractivity contribution is -0.136. The van der Waals surface area contributed by atoms with Gasteiger partial charge in [0.15, 0.2) is 0 Å². The van der Waals surface area contributed by atoms with E-state index >= 15 is 0 Å². The molecular weight excluding hydrogens is 247 g/mol. The topological polar surface area (TPSA) is 50.2 Å². The number of pyridine rings is 1. The van der Waals surface area contributed by atoms with Crippen molar-refractivity contribution in [3.8, 4) is 0 Å². The summed E-state index contributed by atoms with van der Waals surface area (Å²) in [7, 11) is 0. The lowest BCUT2D eigenvalue weighted by atomic mass is 10.1. The van der Waals surface area contributed by atoms with Gasteiger partial charge in [0.2, 0.25) is 0 Å². The first-order chi connectivity index (χ1) is 7.45. The summed E-state index contributed by atoms with van der Waals surface area (Å²) in [5, 5.41) is 8.50. The summed E-state index contributed by atoms with van der Waals surface area (Å²) in [5.41, 5.74) is -1.17. The Hall–Kier alpha value is -1.30. The molecule has 0 aromatic carbocycles. The average molecular weight is 254 g/mol. The fourth-order valence-corrected chi connectivity index (χ4v) is 1.39. The van der Waals surface area contributed by atoms with Crippen molar-refractivity contribution >= 4 is 17.6 Å². The second-order valence-electron chi connectivity index (χ2n) is 2.96. The van der Waals surface area contributed by atoms with Crippen molar-refractivity contribution in [1.29, 1.82) is 0 Å². The van der Waals surface area contributed by atoms with Crippen LogP contribution in [-0.2, 0) is 17.1 Å². The van der Waals surface area contributed by atoms with E-state index in [4.69, 9.17) is 16.7 Å². The first-order valence-electron chi connectivity index (χ1n) is 4.19. The van der Waals surface area contributed by atoms with E-state index in [1.54, 1.807) is 0 Å². The van der Waals surface area contributed by atoms with Gasteiger partial charge in [-0.15, -0.1) is 11.6 Å². The molecule has 1 rings (SSSR count). The minimum atomic E-state index is -2.92. The van der Waals surface area contributed by atoms with Crippen LogP contribution in [0.3, 0.4) is 0 Å². The van der Waals surface area contributed by atoms with Crippen LogP contribution in [-0.4, -0.2) is 16.1 Å². The molecule has 0 atom stereocenters. The van der Waals surface area contributed by atoms with Crippen molar-refractivity contribution in [2.24, 2.45) is 0 Å². The zero-order valence-corrected chi connectivity index (χ0v) is 8.64. The molecule has 0 amide bonds. The smallest absolute Gasteiger partial charge is 0.307 e. The second-order valence-corrected chi connectivity index (χ2v) is 3.23. The van der Waals surface area contributed by atoms with Gasteiger partial charge in [0, 0.05) is 11.6 Å². The number of aromatic nitrogens is 1. The van der Waals surface area contributed by atoms with Crippen LogP contribution in [0.4, 0.5) is 13.2 Å². The molecule has 1 heterocycles.